The minimum atomic E-state index is -1.53. The molecular weight excluding hydrogens is 320 g/mol. The molecule has 130 valence electrons. The van der Waals surface area contributed by atoms with Crippen LogP contribution in [0.2, 0.25) is 0 Å². The van der Waals surface area contributed by atoms with Gasteiger partial charge < -0.3 is 24.8 Å². The van der Waals surface area contributed by atoms with Crippen molar-refractivity contribution in [3.05, 3.63) is 35.9 Å². The van der Waals surface area contributed by atoms with Crippen molar-refractivity contribution in [2.75, 3.05) is 6.61 Å². The second-order valence-corrected chi connectivity index (χ2v) is 4.72. The van der Waals surface area contributed by atoms with E-state index < -0.39 is 24.0 Å². The summed E-state index contributed by atoms with van der Waals surface area (Å²) in [5.74, 6) is -3.09. The van der Waals surface area contributed by atoms with E-state index in [0.29, 0.717) is 0 Å². The van der Waals surface area contributed by atoms with Gasteiger partial charge in [0, 0.05) is 24.1 Å². The SMILES string of the molecule is CC/C(=C/C(=O)O)C(=O)OCCC(O)C(=O)Oc1cccc(O)c1. The molecule has 0 saturated carbocycles. The number of benzene rings is 1. The van der Waals surface area contributed by atoms with Crippen LogP contribution in [-0.2, 0) is 19.1 Å². The molecule has 8 heteroatoms. The quantitative estimate of drug-likeness (QED) is 0.364. The van der Waals surface area contributed by atoms with E-state index in [0.717, 1.165) is 6.08 Å². The third-order valence-corrected chi connectivity index (χ3v) is 2.87. The number of aliphatic carboxylic acids is 1. The molecule has 8 nitrogen and oxygen atoms in total. The largest absolute Gasteiger partial charge is 0.508 e. The van der Waals surface area contributed by atoms with Gasteiger partial charge in [0.15, 0.2) is 6.10 Å². The van der Waals surface area contributed by atoms with Gasteiger partial charge >= 0.3 is 17.9 Å². The van der Waals surface area contributed by atoms with E-state index in [9.17, 15) is 24.6 Å². The number of aromatic hydroxyl groups is 1. The van der Waals surface area contributed by atoms with Gasteiger partial charge in [-0.2, -0.15) is 0 Å². The van der Waals surface area contributed by atoms with Gasteiger partial charge in [-0.15, -0.1) is 0 Å². The summed E-state index contributed by atoms with van der Waals surface area (Å²) < 4.78 is 9.67. The Morgan fingerprint density at radius 1 is 1.29 bits per heavy atom. The molecule has 0 heterocycles. The average Bonchev–Trinajstić information content (AvgIpc) is 2.52. The summed E-state index contributed by atoms with van der Waals surface area (Å²) in [5.41, 5.74) is -0.0284. The Kier molecular flexibility index (Phi) is 7.44. The highest BCUT2D eigenvalue weighted by Gasteiger charge is 2.19. The van der Waals surface area contributed by atoms with Crippen LogP contribution in [0.3, 0.4) is 0 Å². The predicted octanol–water partition coefficient (Wildman–Crippen LogP) is 1.01. The summed E-state index contributed by atoms with van der Waals surface area (Å²) in [6, 6.07) is 5.49. The van der Waals surface area contributed by atoms with Crippen molar-refractivity contribution in [3.63, 3.8) is 0 Å². The Morgan fingerprint density at radius 2 is 2.00 bits per heavy atom. The number of rotatable bonds is 8. The number of hydrogen-bond donors (Lipinski definition) is 3. The van der Waals surface area contributed by atoms with Gasteiger partial charge in [-0.3, -0.25) is 0 Å². The smallest absolute Gasteiger partial charge is 0.340 e. The lowest BCUT2D eigenvalue weighted by Gasteiger charge is -2.11. The standard InChI is InChI=1S/C16H18O8/c1-2-10(8-14(19)20)15(21)23-7-6-13(18)16(22)24-12-5-3-4-11(17)9-12/h3-5,8-9,13,17-18H,2,6-7H2,1H3,(H,19,20)/b10-8-. The summed E-state index contributed by atoms with van der Waals surface area (Å²) in [6.07, 6.45) is -0.830. The number of hydrogen-bond acceptors (Lipinski definition) is 7. The van der Waals surface area contributed by atoms with Crippen molar-refractivity contribution < 1.29 is 39.2 Å². The lowest BCUT2D eigenvalue weighted by molar-refractivity contribution is -0.147. The third-order valence-electron chi connectivity index (χ3n) is 2.87. The minimum absolute atomic E-state index is 0.0284. The van der Waals surface area contributed by atoms with Crippen LogP contribution in [-0.4, -0.2) is 45.9 Å². The lowest BCUT2D eigenvalue weighted by atomic mass is 10.2. The molecule has 0 aliphatic heterocycles. The van der Waals surface area contributed by atoms with E-state index in [-0.39, 0.29) is 36.5 Å². The van der Waals surface area contributed by atoms with E-state index in [1.54, 1.807) is 6.92 Å². The van der Waals surface area contributed by atoms with Crippen molar-refractivity contribution in [2.24, 2.45) is 0 Å². The van der Waals surface area contributed by atoms with Crippen LogP contribution < -0.4 is 4.74 Å². The summed E-state index contributed by atoms with van der Waals surface area (Å²) in [4.78, 5) is 33.8. The van der Waals surface area contributed by atoms with E-state index >= 15 is 0 Å². The highest BCUT2D eigenvalue weighted by molar-refractivity contribution is 5.95. The number of carboxylic acid groups (broad SMARTS) is 1. The Hall–Kier alpha value is -2.87. The first-order valence-corrected chi connectivity index (χ1v) is 7.13. The highest BCUT2D eigenvalue weighted by atomic mass is 16.6. The highest BCUT2D eigenvalue weighted by Crippen LogP contribution is 2.18. The number of aliphatic hydroxyl groups excluding tert-OH is 1. The normalized spacial score (nSPS) is 12.3. The molecule has 1 aromatic carbocycles. The first-order valence-electron chi connectivity index (χ1n) is 7.13. The van der Waals surface area contributed by atoms with Crippen molar-refractivity contribution in [2.45, 2.75) is 25.9 Å². The van der Waals surface area contributed by atoms with Crippen LogP contribution in [0.25, 0.3) is 0 Å². The van der Waals surface area contributed by atoms with E-state index in [2.05, 4.69) is 0 Å². The molecule has 0 amide bonds. The maximum atomic E-state index is 11.7. The Morgan fingerprint density at radius 3 is 2.58 bits per heavy atom. The summed E-state index contributed by atoms with van der Waals surface area (Å²) in [5, 5.41) is 27.5. The molecule has 0 aliphatic rings. The zero-order valence-electron chi connectivity index (χ0n) is 13.0. The fourth-order valence-electron chi connectivity index (χ4n) is 1.66. The molecule has 24 heavy (non-hydrogen) atoms. The fraction of sp³-hybridized carbons (Fsp3) is 0.312. The van der Waals surface area contributed by atoms with Crippen LogP contribution in [0.4, 0.5) is 0 Å². The number of carbonyl (C=O) groups excluding carboxylic acids is 2. The lowest BCUT2D eigenvalue weighted by Crippen LogP contribution is -2.27. The molecule has 0 radical (unpaired) electrons. The third kappa shape index (κ3) is 6.49. The van der Waals surface area contributed by atoms with Crippen molar-refractivity contribution in [1.82, 2.24) is 0 Å². The summed E-state index contributed by atoms with van der Waals surface area (Å²) >= 11 is 0. The monoisotopic (exact) mass is 338 g/mol. The number of ether oxygens (including phenoxy) is 2. The van der Waals surface area contributed by atoms with E-state index in [1.807, 2.05) is 0 Å². The van der Waals surface area contributed by atoms with Gasteiger partial charge in [-0.05, 0) is 18.6 Å². The van der Waals surface area contributed by atoms with Crippen LogP contribution >= 0.6 is 0 Å². The van der Waals surface area contributed by atoms with E-state index in [1.165, 1.54) is 24.3 Å². The first-order chi connectivity index (χ1) is 11.3. The zero-order chi connectivity index (χ0) is 18.1. The molecule has 0 fully saturated rings. The molecule has 3 N–H and O–H groups in total. The Balaban J connectivity index is 2.45. The molecule has 0 aromatic heterocycles. The summed E-state index contributed by atoms with van der Waals surface area (Å²) in [7, 11) is 0. The summed E-state index contributed by atoms with van der Waals surface area (Å²) in [6.45, 7) is 1.31. The van der Waals surface area contributed by atoms with Crippen LogP contribution in [0.1, 0.15) is 19.8 Å². The van der Waals surface area contributed by atoms with Gasteiger partial charge in [0.2, 0.25) is 0 Å². The number of esters is 2. The molecule has 1 atom stereocenters. The van der Waals surface area contributed by atoms with Gasteiger partial charge in [-0.25, -0.2) is 14.4 Å². The molecule has 1 rings (SSSR count). The van der Waals surface area contributed by atoms with Crippen molar-refractivity contribution in [3.8, 4) is 11.5 Å². The molecule has 1 aromatic rings. The van der Waals surface area contributed by atoms with E-state index in [4.69, 9.17) is 14.6 Å². The molecule has 0 spiro atoms. The van der Waals surface area contributed by atoms with Gasteiger partial charge in [0.05, 0.1) is 6.61 Å². The molecule has 0 saturated heterocycles. The molecule has 0 bridgehead atoms. The van der Waals surface area contributed by atoms with Gasteiger partial charge in [0.1, 0.15) is 11.5 Å². The van der Waals surface area contributed by atoms with Crippen LogP contribution in [0.15, 0.2) is 35.9 Å². The number of carboxylic acids is 1. The molecular formula is C16H18O8. The number of carbonyl (C=O) groups is 3. The second-order valence-electron chi connectivity index (χ2n) is 4.72. The maximum Gasteiger partial charge on any atom is 0.340 e. The number of phenolic OH excluding ortho intramolecular Hbond substituents is 1. The van der Waals surface area contributed by atoms with Crippen molar-refractivity contribution in [1.29, 1.82) is 0 Å². The topological polar surface area (TPSA) is 130 Å². The minimum Gasteiger partial charge on any atom is -0.508 e. The predicted molar refractivity (Wildman–Crippen MR) is 81.3 cm³/mol. The molecule has 1 unspecified atom stereocenters. The Labute approximate surface area is 137 Å². The van der Waals surface area contributed by atoms with Gasteiger partial charge in [-0.1, -0.05) is 13.0 Å². The Bertz CT molecular complexity index is 635. The number of phenols is 1. The second kappa shape index (κ2) is 9.31. The molecule has 0 aliphatic carbocycles. The fourth-order valence-corrected chi connectivity index (χ4v) is 1.66. The van der Waals surface area contributed by atoms with Crippen molar-refractivity contribution >= 4 is 17.9 Å². The number of aliphatic hydroxyl groups is 1. The van der Waals surface area contributed by atoms with Crippen LogP contribution in [0, 0.1) is 0 Å². The first kappa shape index (κ1) is 19.2. The average molecular weight is 338 g/mol. The zero-order valence-corrected chi connectivity index (χ0v) is 13.0. The van der Waals surface area contributed by atoms with Gasteiger partial charge in [0.25, 0.3) is 0 Å². The van der Waals surface area contributed by atoms with Crippen LogP contribution in [0.5, 0.6) is 11.5 Å². The maximum absolute atomic E-state index is 11.7.